The number of carboxylic acids is 1. The third kappa shape index (κ3) is 2.29. The average Bonchev–Trinajstić information content (AvgIpc) is 2.96. The van der Waals surface area contributed by atoms with Gasteiger partial charge in [0, 0.05) is 23.7 Å². The van der Waals surface area contributed by atoms with E-state index in [1.807, 2.05) is 0 Å². The number of non-ortho nitro benzene ring substituents is 1. The summed E-state index contributed by atoms with van der Waals surface area (Å²) in [6.07, 6.45) is 1.49. The summed E-state index contributed by atoms with van der Waals surface area (Å²) in [5.74, 6) is -0.686. The lowest BCUT2D eigenvalue weighted by Crippen LogP contribution is -2.02. The highest BCUT2D eigenvalue weighted by Crippen LogP contribution is 2.20. The zero-order chi connectivity index (χ0) is 15.0. The first-order chi connectivity index (χ1) is 10.0. The van der Waals surface area contributed by atoms with Gasteiger partial charge in [0.05, 0.1) is 10.4 Å². The lowest BCUT2D eigenvalue weighted by atomic mass is 10.2. The standard InChI is InChI=1S/C13H8N4O4/c18-13(19)11-5-6-16(15-11)12-4-1-8-7-9(17(20)21)2-3-10(8)14-12/h1-7H,(H,18,19). The first-order valence-corrected chi connectivity index (χ1v) is 5.89. The van der Waals surface area contributed by atoms with Gasteiger partial charge in [-0.2, -0.15) is 5.10 Å². The number of pyridine rings is 1. The first-order valence-electron chi connectivity index (χ1n) is 5.89. The van der Waals surface area contributed by atoms with Gasteiger partial charge in [0.2, 0.25) is 0 Å². The Kier molecular flexibility index (Phi) is 2.83. The molecule has 0 fully saturated rings. The van der Waals surface area contributed by atoms with Crippen LogP contribution in [0.3, 0.4) is 0 Å². The Bertz CT molecular complexity index is 871. The van der Waals surface area contributed by atoms with Gasteiger partial charge in [-0.25, -0.2) is 14.5 Å². The molecule has 8 heteroatoms. The van der Waals surface area contributed by atoms with Gasteiger partial charge in [-0.1, -0.05) is 0 Å². The summed E-state index contributed by atoms with van der Waals surface area (Å²) in [6.45, 7) is 0. The van der Waals surface area contributed by atoms with Crippen molar-refractivity contribution in [2.45, 2.75) is 0 Å². The molecule has 0 bridgehead atoms. The van der Waals surface area contributed by atoms with Crippen molar-refractivity contribution in [3.05, 3.63) is 58.4 Å². The largest absolute Gasteiger partial charge is 0.476 e. The van der Waals surface area contributed by atoms with Gasteiger partial charge in [0.1, 0.15) is 0 Å². The molecule has 0 saturated carbocycles. The van der Waals surface area contributed by atoms with Crippen LogP contribution in [-0.2, 0) is 0 Å². The number of carbonyl (C=O) groups is 1. The summed E-state index contributed by atoms with van der Waals surface area (Å²) in [7, 11) is 0. The number of carboxylic acid groups (broad SMARTS) is 1. The molecular weight excluding hydrogens is 276 g/mol. The number of hydrogen-bond acceptors (Lipinski definition) is 5. The molecule has 104 valence electrons. The summed E-state index contributed by atoms with van der Waals surface area (Å²) in [5.41, 5.74) is 0.468. The maximum absolute atomic E-state index is 10.8. The van der Waals surface area contributed by atoms with E-state index in [-0.39, 0.29) is 11.4 Å². The van der Waals surface area contributed by atoms with E-state index in [4.69, 9.17) is 5.11 Å². The third-order valence-electron chi connectivity index (χ3n) is 2.91. The van der Waals surface area contributed by atoms with Gasteiger partial charge in [-0.05, 0) is 24.3 Å². The average molecular weight is 284 g/mol. The molecular formula is C13H8N4O4. The number of hydrogen-bond donors (Lipinski definition) is 1. The molecule has 0 radical (unpaired) electrons. The van der Waals surface area contributed by atoms with Crippen LogP contribution in [0.4, 0.5) is 5.69 Å². The molecule has 0 aliphatic heterocycles. The molecule has 3 rings (SSSR count). The minimum atomic E-state index is -1.12. The van der Waals surface area contributed by atoms with Crippen molar-refractivity contribution >= 4 is 22.6 Å². The normalized spacial score (nSPS) is 10.7. The SMILES string of the molecule is O=C(O)c1ccn(-c2ccc3cc([N+](=O)[O-])ccc3n2)n1. The number of aromatic nitrogens is 3. The van der Waals surface area contributed by atoms with Crippen molar-refractivity contribution in [2.75, 3.05) is 0 Å². The van der Waals surface area contributed by atoms with Crippen molar-refractivity contribution in [1.82, 2.24) is 14.8 Å². The van der Waals surface area contributed by atoms with Crippen LogP contribution in [0.1, 0.15) is 10.5 Å². The molecule has 0 unspecified atom stereocenters. The van der Waals surface area contributed by atoms with Crippen LogP contribution in [0.5, 0.6) is 0 Å². The molecule has 0 saturated heterocycles. The van der Waals surface area contributed by atoms with Crippen LogP contribution >= 0.6 is 0 Å². The zero-order valence-corrected chi connectivity index (χ0v) is 10.5. The predicted molar refractivity (Wildman–Crippen MR) is 72.5 cm³/mol. The molecule has 0 atom stereocenters. The number of nitrogens with zero attached hydrogens (tertiary/aromatic N) is 4. The van der Waals surface area contributed by atoms with Crippen LogP contribution in [-0.4, -0.2) is 30.8 Å². The smallest absolute Gasteiger partial charge is 0.356 e. The lowest BCUT2D eigenvalue weighted by molar-refractivity contribution is -0.384. The highest BCUT2D eigenvalue weighted by molar-refractivity contribution is 5.85. The lowest BCUT2D eigenvalue weighted by Gasteiger charge is -2.02. The molecule has 8 nitrogen and oxygen atoms in total. The minimum absolute atomic E-state index is 0.00990. The fourth-order valence-corrected chi connectivity index (χ4v) is 1.91. The Labute approximate surface area is 117 Å². The highest BCUT2D eigenvalue weighted by Gasteiger charge is 2.10. The summed E-state index contributed by atoms with van der Waals surface area (Å²) >= 11 is 0. The first kappa shape index (κ1) is 12.7. The van der Waals surface area contributed by atoms with E-state index in [0.29, 0.717) is 16.7 Å². The molecule has 0 spiro atoms. The maximum Gasteiger partial charge on any atom is 0.356 e. The van der Waals surface area contributed by atoms with Crippen molar-refractivity contribution in [1.29, 1.82) is 0 Å². The molecule has 2 aromatic heterocycles. The van der Waals surface area contributed by atoms with Crippen molar-refractivity contribution in [3.63, 3.8) is 0 Å². The summed E-state index contributed by atoms with van der Waals surface area (Å²) in [4.78, 5) is 25.3. The van der Waals surface area contributed by atoms with Crippen molar-refractivity contribution < 1.29 is 14.8 Å². The molecule has 21 heavy (non-hydrogen) atoms. The minimum Gasteiger partial charge on any atom is -0.476 e. The van der Waals surface area contributed by atoms with E-state index in [1.54, 1.807) is 18.2 Å². The monoisotopic (exact) mass is 284 g/mol. The second-order valence-electron chi connectivity index (χ2n) is 4.25. The number of fused-ring (bicyclic) bond motifs is 1. The van der Waals surface area contributed by atoms with Crippen LogP contribution in [0.2, 0.25) is 0 Å². The highest BCUT2D eigenvalue weighted by atomic mass is 16.6. The van der Waals surface area contributed by atoms with E-state index in [2.05, 4.69) is 10.1 Å². The molecule has 0 aliphatic carbocycles. The number of nitro benzene ring substituents is 1. The van der Waals surface area contributed by atoms with Crippen LogP contribution in [0.25, 0.3) is 16.7 Å². The summed E-state index contributed by atoms with van der Waals surface area (Å²) in [6, 6.07) is 8.99. The van der Waals surface area contributed by atoms with E-state index in [0.717, 1.165) is 0 Å². The van der Waals surface area contributed by atoms with Gasteiger partial charge in [0.15, 0.2) is 11.5 Å². The van der Waals surface area contributed by atoms with Crippen molar-refractivity contribution in [2.24, 2.45) is 0 Å². The molecule has 0 aliphatic rings. The van der Waals surface area contributed by atoms with Gasteiger partial charge in [-0.15, -0.1) is 0 Å². The number of aromatic carboxylic acids is 1. The Morgan fingerprint density at radius 1 is 1.24 bits per heavy atom. The van der Waals surface area contributed by atoms with Gasteiger partial charge >= 0.3 is 5.97 Å². The number of nitro groups is 1. The topological polar surface area (TPSA) is 111 Å². The quantitative estimate of drug-likeness (QED) is 0.581. The second-order valence-corrected chi connectivity index (χ2v) is 4.25. The Morgan fingerprint density at radius 3 is 2.71 bits per heavy atom. The molecule has 2 heterocycles. The number of benzene rings is 1. The Morgan fingerprint density at radius 2 is 2.05 bits per heavy atom. The van der Waals surface area contributed by atoms with Crippen LogP contribution in [0.15, 0.2) is 42.6 Å². The summed E-state index contributed by atoms with van der Waals surface area (Å²) < 4.78 is 1.34. The van der Waals surface area contributed by atoms with Crippen molar-refractivity contribution in [3.8, 4) is 5.82 Å². The predicted octanol–water partition coefficient (Wildman–Crippen LogP) is 2.03. The Balaban J connectivity index is 2.06. The molecule has 0 amide bonds. The van der Waals surface area contributed by atoms with Crippen LogP contribution in [0, 0.1) is 10.1 Å². The van der Waals surface area contributed by atoms with E-state index in [9.17, 15) is 14.9 Å². The third-order valence-corrected chi connectivity index (χ3v) is 2.91. The zero-order valence-electron chi connectivity index (χ0n) is 10.5. The number of rotatable bonds is 3. The summed E-state index contributed by atoms with van der Waals surface area (Å²) in [5, 5.41) is 24.1. The van der Waals surface area contributed by atoms with Gasteiger partial charge < -0.3 is 5.11 Å². The molecule has 1 aromatic carbocycles. The van der Waals surface area contributed by atoms with E-state index in [1.165, 1.54) is 29.1 Å². The van der Waals surface area contributed by atoms with Gasteiger partial charge in [-0.3, -0.25) is 10.1 Å². The van der Waals surface area contributed by atoms with E-state index >= 15 is 0 Å². The van der Waals surface area contributed by atoms with E-state index < -0.39 is 10.9 Å². The fourth-order valence-electron chi connectivity index (χ4n) is 1.91. The fraction of sp³-hybridized carbons (Fsp3) is 0. The molecule has 1 N–H and O–H groups in total. The van der Waals surface area contributed by atoms with Gasteiger partial charge in [0.25, 0.3) is 5.69 Å². The molecule has 3 aromatic rings. The maximum atomic E-state index is 10.8. The van der Waals surface area contributed by atoms with Crippen LogP contribution < -0.4 is 0 Å². The second kappa shape index (κ2) is 4.67. The Hall–Kier alpha value is -3.29.